The van der Waals surface area contributed by atoms with Gasteiger partial charge < -0.3 is 14.6 Å². The molecule has 2 aromatic heterocycles. The molecule has 1 aliphatic heterocycles. The van der Waals surface area contributed by atoms with Crippen LogP contribution in [0.3, 0.4) is 0 Å². The van der Waals surface area contributed by atoms with E-state index in [1.54, 1.807) is 12.3 Å². The van der Waals surface area contributed by atoms with E-state index in [9.17, 15) is 14.4 Å². The first-order chi connectivity index (χ1) is 12.8. The molecule has 1 saturated heterocycles. The summed E-state index contributed by atoms with van der Waals surface area (Å²) < 4.78 is 6.49. The number of esters is 1. The van der Waals surface area contributed by atoms with Gasteiger partial charge in [0.2, 0.25) is 0 Å². The lowest BCUT2D eigenvalue weighted by Crippen LogP contribution is -2.36. The normalized spacial score (nSPS) is 15.4. The minimum Gasteiger partial charge on any atom is -0.468 e. The molecule has 0 bridgehead atoms. The Balaban J connectivity index is 1.93. The molecule has 0 aromatic carbocycles. The smallest absolute Gasteiger partial charge is 0.329 e. The van der Waals surface area contributed by atoms with Gasteiger partial charge in [-0.15, -0.1) is 0 Å². The van der Waals surface area contributed by atoms with E-state index in [0.29, 0.717) is 0 Å². The molecule has 8 heteroatoms. The van der Waals surface area contributed by atoms with Crippen LogP contribution in [0, 0.1) is 20.8 Å². The van der Waals surface area contributed by atoms with Crippen LogP contribution in [0.2, 0.25) is 0 Å². The number of aryl methyl sites for hydroxylation is 2. The first-order valence-electron chi connectivity index (χ1n) is 8.35. The fourth-order valence-electron chi connectivity index (χ4n) is 2.94. The molecular formula is C19H20N4O4. The number of urea groups is 1. The lowest BCUT2D eigenvalue weighted by Gasteiger charge is -2.09. The van der Waals surface area contributed by atoms with Crippen molar-refractivity contribution in [2.75, 3.05) is 13.7 Å². The van der Waals surface area contributed by atoms with Crippen LogP contribution in [0.1, 0.15) is 22.5 Å². The minimum atomic E-state index is -0.664. The summed E-state index contributed by atoms with van der Waals surface area (Å²) in [4.78, 5) is 41.0. The number of aromatic nitrogens is 2. The molecule has 0 unspecified atom stereocenters. The van der Waals surface area contributed by atoms with Gasteiger partial charge in [-0.25, -0.2) is 14.7 Å². The molecular weight excluding hydrogens is 348 g/mol. The van der Waals surface area contributed by atoms with Crippen LogP contribution in [-0.2, 0) is 14.3 Å². The van der Waals surface area contributed by atoms with E-state index in [-0.39, 0.29) is 5.70 Å². The molecule has 3 rings (SSSR count). The number of carbonyl (C=O) groups excluding carboxylic acids is 3. The standard InChI is InChI=1S/C19H20N4O4/c1-11-5-6-16(20-9-11)23-12(2)7-14(13(23)3)8-15-18(25)22(19(26)21-15)10-17(24)27-4/h5-9H,10H2,1-4H3,(H,21,26)/b15-8+. The monoisotopic (exact) mass is 368 g/mol. The van der Waals surface area contributed by atoms with Gasteiger partial charge >= 0.3 is 12.0 Å². The molecule has 0 radical (unpaired) electrons. The van der Waals surface area contributed by atoms with Gasteiger partial charge in [0.15, 0.2) is 0 Å². The van der Waals surface area contributed by atoms with Crippen molar-refractivity contribution in [3.05, 3.63) is 52.6 Å². The van der Waals surface area contributed by atoms with Gasteiger partial charge in [0.25, 0.3) is 5.91 Å². The number of nitrogens with one attached hydrogen (secondary N) is 1. The maximum absolute atomic E-state index is 12.4. The second kappa shape index (κ2) is 7.06. The lowest BCUT2D eigenvalue weighted by molar-refractivity contribution is -0.143. The highest BCUT2D eigenvalue weighted by atomic mass is 16.5. The van der Waals surface area contributed by atoms with Crippen molar-refractivity contribution in [1.82, 2.24) is 19.8 Å². The Labute approximate surface area is 156 Å². The molecule has 1 N–H and O–H groups in total. The highest BCUT2D eigenvalue weighted by Crippen LogP contribution is 2.23. The molecule has 3 heterocycles. The van der Waals surface area contributed by atoms with Crippen molar-refractivity contribution in [3.8, 4) is 5.82 Å². The van der Waals surface area contributed by atoms with Crippen LogP contribution in [-0.4, -0.2) is 46.0 Å². The minimum absolute atomic E-state index is 0.112. The van der Waals surface area contributed by atoms with Crippen LogP contribution in [0.5, 0.6) is 0 Å². The predicted octanol–water partition coefficient (Wildman–Crippen LogP) is 1.86. The van der Waals surface area contributed by atoms with Crippen molar-refractivity contribution in [1.29, 1.82) is 0 Å². The van der Waals surface area contributed by atoms with Crippen molar-refractivity contribution in [3.63, 3.8) is 0 Å². The number of ether oxygens (including phenoxy) is 1. The Morgan fingerprint density at radius 3 is 2.63 bits per heavy atom. The average Bonchev–Trinajstić information content (AvgIpc) is 3.06. The zero-order valence-electron chi connectivity index (χ0n) is 15.6. The van der Waals surface area contributed by atoms with E-state index in [1.807, 2.05) is 43.5 Å². The largest absolute Gasteiger partial charge is 0.468 e. The van der Waals surface area contributed by atoms with Crippen LogP contribution in [0.25, 0.3) is 11.9 Å². The Hall–Kier alpha value is -3.42. The number of hydrogen-bond acceptors (Lipinski definition) is 5. The van der Waals surface area contributed by atoms with Crippen molar-refractivity contribution >= 4 is 24.0 Å². The van der Waals surface area contributed by atoms with Gasteiger partial charge in [0.05, 0.1) is 7.11 Å². The van der Waals surface area contributed by atoms with Gasteiger partial charge in [-0.3, -0.25) is 9.59 Å². The van der Waals surface area contributed by atoms with E-state index in [1.165, 1.54) is 7.11 Å². The SMILES string of the molecule is COC(=O)CN1C(=O)N/C(=C/c2cc(C)n(-c3ccc(C)cn3)c2C)C1=O. The number of pyridine rings is 1. The summed E-state index contributed by atoms with van der Waals surface area (Å²) in [6, 6.07) is 5.16. The van der Waals surface area contributed by atoms with Gasteiger partial charge in [-0.2, -0.15) is 0 Å². The third-order valence-corrected chi connectivity index (χ3v) is 4.37. The maximum atomic E-state index is 12.4. The molecule has 8 nitrogen and oxygen atoms in total. The van der Waals surface area contributed by atoms with Gasteiger partial charge in [-0.05, 0) is 50.1 Å². The molecule has 27 heavy (non-hydrogen) atoms. The van der Waals surface area contributed by atoms with E-state index in [4.69, 9.17) is 0 Å². The van der Waals surface area contributed by atoms with E-state index >= 15 is 0 Å². The molecule has 0 saturated carbocycles. The fraction of sp³-hybridized carbons (Fsp3) is 0.263. The van der Waals surface area contributed by atoms with Crippen LogP contribution in [0.4, 0.5) is 4.79 Å². The number of carbonyl (C=O) groups is 3. The number of methoxy groups -OCH3 is 1. The Morgan fingerprint density at radius 2 is 2.00 bits per heavy atom. The second-order valence-electron chi connectivity index (χ2n) is 6.31. The summed E-state index contributed by atoms with van der Waals surface area (Å²) >= 11 is 0. The van der Waals surface area contributed by atoms with Crippen LogP contribution < -0.4 is 5.32 Å². The first-order valence-corrected chi connectivity index (χ1v) is 8.35. The predicted molar refractivity (Wildman–Crippen MR) is 98.0 cm³/mol. The Bertz CT molecular complexity index is 957. The summed E-state index contributed by atoms with van der Waals surface area (Å²) in [6.45, 7) is 5.39. The second-order valence-corrected chi connectivity index (χ2v) is 6.31. The third-order valence-electron chi connectivity index (χ3n) is 4.37. The van der Waals surface area contributed by atoms with Gasteiger partial charge in [0.1, 0.15) is 18.1 Å². The zero-order chi connectivity index (χ0) is 19.7. The molecule has 0 aliphatic carbocycles. The van der Waals surface area contributed by atoms with Crippen molar-refractivity contribution < 1.29 is 19.1 Å². The molecule has 0 atom stereocenters. The summed E-state index contributed by atoms with van der Waals surface area (Å²) in [5.41, 5.74) is 3.77. The van der Waals surface area contributed by atoms with Crippen LogP contribution >= 0.6 is 0 Å². The number of hydrogen-bond donors (Lipinski definition) is 1. The van der Waals surface area contributed by atoms with Crippen molar-refractivity contribution in [2.24, 2.45) is 0 Å². The van der Waals surface area contributed by atoms with E-state index in [2.05, 4.69) is 15.0 Å². The molecule has 2 aromatic rings. The Morgan fingerprint density at radius 1 is 1.26 bits per heavy atom. The number of nitrogens with zero attached hydrogens (tertiary/aromatic N) is 3. The molecule has 140 valence electrons. The summed E-state index contributed by atoms with van der Waals surface area (Å²) in [6.07, 6.45) is 3.39. The lowest BCUT2D eigenvalue weighted by atomic mass is 10.2. The highest BCUT2D eigenvalue weighted by Gasteiger charge is 2.35. The number of imide groups is 1. The molecule has 3 amide bonds. The molecule has 1 aliphatic rings. The Kier molecular flexibility index (Phi) is 4.81. The highest BCUT2D eigenvalue weighted by molar-refractivity contribution is 6.15. The van der Waals surface area contributed by atoms with E-state index < -0.39 is 24.5 Å². The third kappa shape index (κ3) is 3.46. The van der Waals surface area contributed by atoms with Crippen molar-refractivity contribution in [2.45, 2.75) is 20.8 Å². The molecule has 0 spiro atoms. The molecule has 1 fully saturated rings. The quantitative estimate of drug-likeness (QED) is 0.505. The summed E-state index contributed by atoms with van der Waals surface area (Å²) in [5, 5.41) is 2.50. The zero-order valence-corrected chi connectivity index (χ0v) is 15.6. The van der Waals surface area contributed by atoms with Gasteiger partial charge in [-0.1, -0.05) is 6.07 Å². The van der Waals surface area contributed by atoms with Crippen LogP contribution in [0.15, 0.2) is 30.1 Å². The summed E-state index contributed by atoms with van der Waals surface area (Å²) in [7, 11) is 1.20. The number of rotatable bonds is 4. The topological polar surface area (TPSA) is 93.5 Å². The number of amides is 3. The first kappa shape index (κ1) is 18.4. The van der Waals surface area contributed by atoms with Gasteiger partial charge in [0, 0.05) is 17.6 Å². The summed E-state index contributed by atoms with van der Waals surface area (Å²) in [5.74, 6) is -0.457. The average molecular weight is 368 g/mol. The maximum Gasteiger partial charge on any atom is 0.329 e. The fourth-order valence-corrected chi connectivity index (χ4v) is 2.94. The van der Waals surface area contributed by atoms with E-state index in [0.717, 1.165) is 33.2 Å².